The zero-order chi connectivity index (χ0) is 12.8. The van der Waals surface area contributed by atoms with Crippen molar-refractivity contribution < 1.29 is 14.3 Å². The van der Waals surface area contributed by atoms with Gasteiger partial charge in [0.25, 0.3) is 0 Å². The maximum absolute atomic E-state index is 11.7. The minimum Gasteiger partial charge on any atom is -0.466 e. The number of rotatable bonds is 5. The molecule has 16 heavy (non-hydrogen) atoms. The Kier molecular flexibility index (Phi) is 6.08. The van der Waals surface area contributed by atoms with E-state index in [1.165, 1.54) is 0 Å². The van der Waals surface area contributed by atoms with E-state index in [0.29, 0.717) is 19.6 Å². The summed E-state index contributed by atoms with van der Waals surface area (Å²) in [5.41, 5.74) is -0.0186. The van der Waals surface area contributed by atoms with Crippen LogP contribution in [0.25, 0.3) is 0 Å². The van der Waals surface area contributed by atoms with Crippen LogP contribution in [0.15, 0.2) is 0 Å². The molecule has 0 radical (unpaired) electrons. The van der Waals surface area contributed by atoms with Crippen LogP contribution in [0.4, 0.5) is 0 Å². The Morgan fingerprint density at radius 3 is 2.25 bits per heavy atom. The first-order valence-electron chi connectivity index (χ1n) is 5.66. The molecule has 4 heteroatoms. The van der Waals surface area contributed by atoms with E-state index in [1.54, 1.807) is 18.9 Å². The highest BCUT2D eigenvalue weighted by molar-refractivity contribution is 5.77. The van der Waals surface area contributed by atoms with Gasteiger partial charge in [0.05, 0.1) is 13.0 Å². The van der Waals surface area contributed by atoms with Gasteiger partial charge >= 0.3 is 5.97 Å². The number of esters is 1. The van der Waals surface area contributed by atoms with Gasteiger partial charge in [-0.25, -0.2) is 0 Å². The standard InChI is InChI=1S/C12H23NO3/c1-6-16-11(15)7-8-13(5)10(14)9-12(2,3)4/h6-9H2,1-5H3. The molecule has 0 aliphatic carbocycles. The summed E-state index contributed by atoms with van der Waals surface area (Å²) in [5, 5.41) is 0. The molecule has 0 aromatic rings. The lowest BCUT2D eigenvalue weighted by Gasteiger charge is -2.22. The molecule has 0 N–H and O–H groups in total. The molecule has 0 aromatic heterocycles. The van der Waals surface area contributed by atoms with Crippen LogP contribution in [0.1, 0.15) is 40.5 Å². The van der Waals surface area contributed by atoms with E-state index in [1.807, 2.05) is 20.8 Å². The fourth-order valence-corrected chi connectivity index (χ4v) is 1.21. The fraction of sp³-hybridized carbons (Fsp3) is 0.833. The van der Waals surface area contributed by atoms with Gasteiger partial charge in [-0.2, -0.15) is 0 Å². The highest BCUT2D eigenvalue weighted by Gasteiger charge is 2.19. The Morgan fingerprint density at radius 1 is 1.25 bits per heavy atom. The van der Waals surface area contributed by atoms with E-state index in [-0.39, 0.29) is 23.7 Å². The Labute approximate surface area is 98.0 Å². The normalized spacial score (nSPS) is 11.1. The molecule has 94 valence electrons. The van der Waals surface area contributed by atoms with Crippen LogP contribution in [0, 0.1) is 5.41 Å². The smallest absolute Gasteiger partial charge is 0.307 e. The van der Waals surface area contributed by atoms with Crippen molar-refractivity contribution >= 4 is 11.9 Å². The number of carbonyl (C=O) groups is 2. The molecular weight excluding hydrogens is 206 g/mol. The third-order valence-electron chi connectivity index (χ3n) is 2.06. The summed E-state index contributed by atoms with van der Waals surface area (Å²) >= 11 is 0. The number of carbonyl (C=O) groups excluding carboxylic acids is 2. The van der Waals surface area contributed by atoms with Crippen LogP contribution < -0.4 is 0 Å². The van der Waals surface area contributed by atoms with Gasteiger partial charge in [0.15, 0.2) is 0 Å². The molecule has 0 spiro atoms. The van der Waals surface area contributed by atoms with Crippen molar-refractivity contribution in [1.29, 1.82) is 0 Å². The van der Waals surface area contributed by atoms with Crippen LogP contribution in [0.2, 0.25) is 0 Å². The van der Waals surface area contributed by atoms with Crippen molar-refractivity contribution in [2.45, 2.75) is 40.5 Å². The van der Waals surface area contributed by atoms with E-state index >= 15 is 0 Å². The van der Waals surface area contributed by atoms with Crippen molar-refractivity contribution in [2.75, 3.05) is 20.2 Å². The lowest BCUT2D eigenvalue weighted by Crippen LogP contribution is -2.32. The van der Waals surface area contributed by atoms with Crippen molar-refractivity contribution in [2.24, 2.45) is 5.41 Å². The molecule has 0 atom stereocenters. The molecular formula is C12H23NO3. The first-order chi connectivity index (χ1) is 7.26. The van der Waals surface area contributed by atoms with Gasteiger partial charge < -0.3 is 9.64 Å². The van der Waals surface area contributed by atoms with Gasteiger partial charge in [-0.3, -0.25) is 9.59 Å². The molecule has 0 aromatic carbocycles. The van der Waals surface area contributed by atoms with Gasteiger partial charge in [-0.15, -0.1) is 0 Å². The van der Waals surface area contributed by atoms with E-state index in [4.69, 9.17) is 4.74 Å². The quantitative estimate of drug-likeness (QED) is 0.676. The molecule has 1 amide bonds. The molecule has 0 aliphatic rings. The van der Waals surface area contributed by atoms with E-state index in [9.17, 15) is 9.59 Å². The lowest BCUT2D eigenvalue weighted by atomic mass is 9.92. The number of nitrogens with zero attached hydrogens (tertiary/aromatic N) is 1. The number of ether oxygens (including phenoxy) is 1. The molecule has 0 bridgehead atoms. The van der Waals surface area contributed by atoms with Crippen LogP contribution in [0.3, 0.4) is 0 Å². The van der Waals surface area contributed by atoms with E-state index in [2.05, 4.69) is 0 Å². The maximum atomic E-state index is 11.7. The SMILES string of the molecule is CCOC(=O)CCN(C)C(=O)CC(C)(C)C. The highest BCUT2D eigenvalue weighted by atomic mass is 16.5. The van der Waals surface area contributed by atoms with Crippen LogP contribution in [-0.2, 0) is 14.3 Å². The van der Waals surface area contributed by atoms with Crippen molar-refractivity contribution in [3.63, 3.8) is 0 Å². The number of hydrogen-bond acceptors (Lipinski definition) is 3. The van der Waals surface area contributed by atoms with Gasteiger partial charge in [-0.1, -0.05) is 20.8 Å². The predicted octanol–water partition coefficient (Wildman–Crippen LogP) is 1.83. The minimum absolute atomic E-state index is 0.0186. The number of amides is 1. The Bertz CT molecular complexity index is 243. The summed E-state index contributed by atoms with van der Waals surface area (Å²) in [6, 6.07) is 0. The minimum atomic E-state index is -0.252. The van der Waals surface area contributed by atoms with Crippen molar-refractivity contribution in [1.82, 2.24) is 4.90 Å². The topological polar surface area (TPSA) is 46.6 Å². The van der Waals surface area contributed by atoms with Crippen LogP contribution in [-0.4, -0.2) is 37.0 Å². The van der Waals surface area contributed by atoms with Crippen LogP contribution in [0.5, 0.6) is 0 Å². The summed E-state index contributed by atoms with van der Waals surface area (Å²) < 4.78 is 4.80. The summed E-state index contributed by atoms with van der Waals surface area (Å²) in [7, 11) is 1.72. The Hall–Kier alpha value is -1.06. The van der Waals surface area contributed by atoms with Gasteiger partial charge in [0, 0.05) is 20.0 Å². The molecule has 0 unspecified atom stereocenters. The Balaban J connectivity index is 3.93. The van der Waals surface area contributed by atoms with Crippen molar-refractivity contribution in [3.05, 3.63) is 0 Å². The average molecular weight is 229 g/mol. The third-order valence-corrected chi connectivity index (χ3v) is 2.06. The highest BCUT2D eigenvalue weighted by Crippen LogP contribution is 2.19. The molecule has 0 rings (SSSR count). The molecule has 0 saturated carbocycles. The largest absolute Gasteiger partial charge is 0.466 e. The third kappa shape index (κ3) is 7.26. The average Bonchev–Trinajstić information content (AvgIpc) is 2.11. The summed E-state index contributed by atoms with van der Waals surface area (Å²) in [4.78, 5) is 24.4. The summed E-state index contributed by atoms with van der Waals surface area (Å²) in [6.07, 6.45) is 0.756. The molecule has 0 fully saturated rings. The monoisotopic (exact) mass is 229 g/mol. The molecule has 4 nitrogen and oxygen atoms in total. The maximum Gasteiger partial charge on any atom is 0.307 e. The van der Waals surface area contributed by atoms with Gasteiger partial charge in [0.1, 0.15) is 0 Å². The fourth-order valence-electron chi connectivity index (χ4n) is 1.21. The lowest BCUT2D eigenvalue weighted by molar-refractivity contribution is -0.144. The molecule has 0 heterocycles. The van der Waals surface area contributed by atoms with Gasteiger partial charge in [-0.05, 0) is 12.3 Å². The Morgan fingerprint density at radius 2 is 1.81 bits per heavy atom. The second kappa shape index (κ2) is 6.51. The van der Waals surface area contributed by atoms with Crippen LogP contribution >= 0.6 is 0 Å². The number of hydrogen-bond donors (Lipinski definition) is 0. The predicted molar refractivity (Wildman–Crippen MR) is 63.0 cm³/mol. The summed E-state index contributed by atoms with van der Waals surface area (Å²) in [5.74, 6) is -0.185. The summed E-state index contributed by atoms with van der Waals surface area (Å²) in [6.45, 7) is 8.64. The first-order valence-corrected chi connectivity index (χ1v) is 5.66. The second-order valence-corrected chi connectivity index (χ2v) is 5.11. The zero-order valence-corrected chi connectivity index (χ0v) is 11.0. The molecule has 0 aliphatic heterocycles. The van der Waals surface area contributed by atoms with Gasteiger partial charge in [0.2, 0.25) is 5.91 Å². The van der Waals surface area contributed by atoms with E-state index < -0.39 is 0 Å². The molecule has 0 saturated heterocycles. The first kappa shape index (κ1) is 14.9. The zero-order valence-electron chi connectivity index (χ0n) is 11.0. The van der Waals surface area contributed by atoms with E-state index in [0.717, 1.165) is 0 Å². The second-order valence-electron chi connectivity index (χ2n) is 5.11. The van der Waals surface area contributed by atoms with Crippen molar-refractivity contribution in [3.8, 4) is 0 Å².